The summed E-state index contributed by atoms with van der Waals surface area (Å²) in [5.74, 6) is 0.726. The van der Waals surface area contributed by atoms with E-state index in [-0.39, 0.29) is 17.4 Å². The number of aromatic amines is 1. The van der Waals surface area contributed by atoms with E-state index in [1.807, 2.05) is 12.1 Å². The van der Waals surface area contributed by atoms with E-state index in [2.05, 4.69) is 25.5 Å². The first-order valence-corrected chi connectivity index (χ1v) is 7.74. The number of H-pyrrole nitrogens is 1. The van der Waals surface area contributed by atoms with Gasteiger partial charge in [-0.3, -0.25) is 14.9 Å². The number of benzene rings is 1. The van der Waals surface area contributed by atoms with Gasteiger partial charge in [0.25, 0.3) is 0 Å². The SMILES string of the molecule is O=C(CSc1nc(-c2cccnc2)n[nH]1)Nc1ccc(O)cc1. The van der Waals surface area contributed by atoms with Gasteiger partial charge in [-0.15, -0.1) is 0 Å². The molecule has 0 aliphatic heterocycles. The minimum Gasteiger partial charge on any atom is -0.508 e. The Hall–Kier alpha value is -2.87. The maximum Gasteiger partial charge on any atom is 0.234 e. The third-order valence-corrected chi connectivity index (χ3v) is 3.74. The van der Waals surface area contributed by atoms with E-state index in [1.165, 1.54) is 23.9 Å². The van der Waals surface area contributed by atoms with Crippen molar-refractivity contribution in [3.05, 3.63) is 48.8 Å². The Morgan fingerprint density at radius 2 is 2.09 bits per heavy atom. The Kier molecular flexibility index (Phi) is 4.53. The van der Waals surface area contributed by atoms with Crippen LogP contribution in [0.5, 0.6) is 5.75 Å². The van der Waals surface area contributed by atoms with Crippen LogP contribution in [0.4, 0.5) is 5.69 Å². The van der Waals surface area contributed by atoms with Gasteiger partial charge in [0.15, 0.2) is 11.0 Å². The molecule has 0 saturated carbocycles. The molecule has 3 N–H and O–H groups in total. The summed E-state index contributed by atoms with van der Waals surface area (Å²) in [5.41, 5.74) is 1.44. The Morgan fingerprint density at radius 3 is 2.83 bits per heavy atom. The van der Waals surface area contributed by atoms with Crippen molar-refractivity contribution in [3.8, 4) is 17.1 Å². The summed E-state index contributed by atoms with van der Waals surface area (Å²) in [6.45, 7) is 0. The second kappa shape index (κ2) is 6.93. The highest BCUT2D eigenvalue weighted by Gasteiger charge is 2.09. The molecule has 0 spiro atoms. The number of hydrogen-bond donors (Lipinski definition) is 3. The zero-order valence-corrected chi connectivity index (χ0v) is 12.7. The van der Waals surface area contributed by atoms with Gasteiger partial charge in [0.05, 0.1) is 5.75 Å². The molecule has 2 heterocycles. The quantitative estimate of drug-likeness (QED) is 0.491. The molecule has 1 aromatic carbocycles. The first-order valence-electron chi connectivity index (χ1n) is 6.75. The second-order valence-corrected chi connectivity index (χ2v) is 5.55. The summed E-state index contributed by atoms with van der Waals surface area (Å²) in [6, 6.07) is 9.96. The number of thioether (sulfide) groups is 1. The topological polar surface area (TPSA) is 104 Å². The summed E-state index contributed by atoms with van der Waals surface area (Å²) >= 11 is 1.26. The molecule has 1 amide bonds. The molecular formula is C15H13N5O2S. The second-order valence-electron chi connectivity index (χ2n) is 4.59. The monoisotopic (exact) mass is 327 g/mol. The van der Waals surface area contributed by atoms with Gasteiger partial charge in [-0.2, -0.15) is 5.10 Å². The van der Waals surface area contributed by atoms with Gasteiger partial charge < -0.3 is 10.4 Å². The van der Waals surface area contributed by atoms with Gasteiger partial charge in [0, 0.05) is 23.6 Å². The number of phenolic OH excluding ortho intramolecular Hbond substituents is 1. The summed E-state index contributed by atoms with van der Waals surface area (Å²) < 4.78 is 0. The number of anilines is 1. The predicted molar refractivity (Wildman–Crippen MR) is 87.1 cm³/mol. The lowest BCUT2D eigenvalue weighted by Gasteiger charge is -2.03. The minimum absolute atomic E-state index is 0.155. The molecule has 0 bridgehead atoms. The zero-order valence-electron chi connectivity index (χ0n) is 11.9. The van der Waals surface area contributed by atoms with Crippen LogP contribution in [0.2, 0.25) is 0 Å². The third kappa shape index (κ3) is 4.07. The predicted octanol–water partition coefficient (Wildman–Crippen LogP) is 2.30. The van der Waals surface area contributed by atoms with Crippen molar-refractivity contribution in [2.45, 2.75) is 5.16 Å². The highest BCUT2D eigenvalue weighted by atomic mass is 32.2. The van der Waals surface area contributed by atoms with Gasteiger partial charge in [0.2, 0.25) is 5.91 Å². The largest absolute Gasteiger partial charge is 0.508 e. The molecule has 2 aromatic heterocycles. The van der Waals surface area contributed by atoms with E-state index in [1.54, 1.807) is 24.5 Å². The van der Waals surface area contributed by atoms with Gasteiger partial charge in [-0.1, -0.05) is 11.8 Å². The lowest BCUT2D eigenvalue weighted by Crippen LogP contribution is -2.13. The van der Waals surface area contributed by atoms with Crippen molar-refractivity contribution in [1.29, 1.82) is 0 Å². The Labute approximate surface area is 136 Å². The number of aromatic hydroxyl groups is 1. The molecule has 0 unspecified atom stereocenters. The van der Waals surface area contributed by atoms with Crippen LogP contribution in [0.1, 0.15) is 0 Å². The summed E-state index contributed by atoms with van der Waals surface area (Å²) in [6.07, 6.45) is 3.36. The Balaban J connectivity index is 1.55. The fourth-order valence-corrected chi connectivity index (χ4v) is 2.41. The van der Waals surface area contributed by atoms with Gasteiger partial charge in [0.1, 0.15) is 5.75 Å². The number of nitrogens with zero attached hydrogens (tertiary/aromatic N) is 3. The number of nitrogens with one attached hydrogen (secondary N) is 2. The molecule has 0 fully saturated rings. The van der Waals surface area contributed by atoms with Crippen LogP contribution < -0.4 is 5.32 Å². The number of aromatic nitrogens is 4. The van der Waals surface area contributed by atoms with Crippen molar-refractivity contribution < 1.29 is 9.90 Å². The Morgan fingerprint density at radius 1 is 1.26 bits per heavy atom. The summed E-state index contributed by atoms with van der Waals surface area (Å²) in [5, 5.41) is 19.4. The van der Waals surface area contributed by atoms with E-state index >= 15 is 0 Å². The maximum absolute atomic E-state index is 11.9. The first kappa shape index (κ1) is 15.0. The zero-order chi connectivity index (χ0) is 16.1. The third-order valence-electron chi connectivity index (χ3n) is 2.88. The number of hydrogen-bond acceptors (Lipinski definition) is 6. The molecule has 7 nitrogen and oxygen atoms in total. The molecule has 0 atom stereocenters. The van der Waals surface area contributed by atoms with E-state index < -0.39 is 0 Å². The summed E-state index contributed by atoms with van der Waals surface area (Å²) in [4.78, 5) is 20.2. The average molecular weight is 327 g/mol. The van der Waals surface area contributed by atoms with E-state index in [0.717, 1.165) is 5.56 Å². The van der Waals surface area contributed by atoms with E-state index in [0.29, 0.717) is 16.7 Å². The lowest BCUT2D eigenvalue weighted by atomic mass is 10.3. The lowest BCUT2D eigenvalue weighted by molar-refractivity contribution is -0.113. The van der Waals surface area contributed by atoms with Crippen LogP contribution >= 0.6 is 11.8 Å². The number of pyridine rings is 1. The van der Waals surface area contributed by atoms with Crippen LogP contribution in [0, 0.1) is 0 Å². The number of phenols is 1. The van der Waals surface area contributed by atoms with Gasteiger partial charge in [-0.25, -0.2) is 4.98 Å². The van der Waals surface area contributed by atoms with E-state index in [4.69, 9.17) is 0 Å². The molecule has 0 radical (unpaired) electrons. The van der Waals surface area contributed by atoms with Gasteiger partial charge >= 0.3 is 0 Å². The fraction of sp³-hybridized carbons (Fsp3) is 0.0667. The standard InChI is InChI=1S/C15H13N5O2S/c21-12-5-3-11(4-6-12)17-13(22)9-23-15-18-14(19-20-15)10-2-1-7-16-8-10/h1-8,21H,9H2,(H,17,22)(H,18,19,20). The molecule has 8 heteroatoms. The van der Waals surface area contributed by atoms with Crippen LogP contribution in [0.15, 0.2) is 53.9 Å². The Bertz CT molecular complexity index is 789. The minimum atomic E-state index is -0.167. The fourth-order valence-electron chi connectivity index (χ4n) is 1.81. The van der Waals surface area contributed by atoms with Crippen LogP contribution in [-0.4, -0.2) is 36.9 Å². The molecule has 23 heavy (non-hydrogen) atoms. The number of carbonyl (C=O) groups is 1. The number of amides is 1. The van der Waals surface area contributed by atoms with Crippen molar-refractivity contribution in [2.24, 2.45) is 0 Å². The molecule has 3 aromatic rings. The smallest absolute Gasteiger partial charge is 0.234 e. The van der Waals surface area contributed by atoms with Crippen molar-refractivity contribution in [3.63, 3.8) is 0 Å². The van der Waals surface area contributed by atoms with Crippen LogP contribution in [0.3, 0.4) is 0 Å². The van der Waals surface area contributed by atoms with Crippen molar-refractivity contribution in [1.82, 2.24) is 20.2 Å². The van der Waals surface area contributed by atoms with E-state index in [9.17, 15) is 9.90 Å². The molecule has 0 aliphatic carbocycles. The first-order chi connectivity index (χ1) is 11.2. The molecule has 0 saturated heterocycles. The molecular weight excluding hydrogens is 314 g/mol. The molecule has 0 aliphatic rings. The molecule has 116 valence electrons. The highest BCUT2D eigenvalue weighted by Crippen LogP contribution is 2.19. The van der Waals surface area contributed by atoms with Gasteiger partial charge in [-0.05, 0) is 36.4 Å². The van der Waals surface area contributed by atoms with Crippen LogP contribution in [-0.2, 0) is 4.79 Å². The normalized spacial score (nSPS) is 10.4. The average Bonchev–Trinajstić information content (AvgIpc) is 3.05. The number of carbonyl (C=O) groups excluding carboxylic acids is 1. The maximum atomic E-state index is 11.9. The summed E-state index contributed by atoms with van der Waals surface area (Å²) in [7, 11) is 0. The van der Waals surface area contributed by atoms with Crippen molar-refractivity contribution in [2.75, 3.05) is 11.1 Å². The van der Waals surface area contributed by atoms with Crippen molar-refractivity contribution >= 4 is 23.4 Å². The highest BCUT2D eigenvalue weighted by molar-refractivity contribution is 7.99. The number of rotatable bonds is 5. The molecule has 3 rings (SSSR count). The van der Waals surface area contributed by atoms with Crippen LogP contribution in [0.25, 0.3) is 11.4 Å².